The standard InChI is InChI=1S/C18H14ClN3O4/c19-13-7-4-8-14(16(13)18(25)26)20-9-12-15(10-23)21-22(17(12)24)11-5-2-1-3-6-11/h1-9,21,23H,10H2,(H,25,26). The number of hydrogen-bond donors (Lipinski definition) is 3. The van der Waals surface area contributed by atoms with E-state index in [-0.39, 0.29) is 27.5 Å². The first-order valence-corrected chi connectivity index (χ1v) is 7.96. The molecule has 3 N–H and O–H groups in total. The van der Waals surface area contributed by atoms with E-state index in [4.69, 9.17) is 11.6 Å². The van der Waals surface area contributed by atoms with Gasteiger partial charge in [-0.2, -0.15) is 0 Å². The number of benzene rings is 2. The molecule has 0 saturated carbocycles. The van der Waals surface area contributed by atoms with Crippen molar-refractivity contribution in [3.05, 3.63) is 80.7 Å². The third-order valence-electron chi connectivity index (χ3n) is 3.72. The minimum absolute atomic E-state index is 0.0466. The fourth-order valence-electron chi connectivity index (χ4n) is 2.47. The zero-order chi connectivity index (χ0) is 18.7. The predicted molar refractivity (Wildman–Crippen MR) is 98.0 cm³/mol. The summed E-state index contributed by atoms with van der Waals surface area (Å²) in [5, 5.41) is 21.7. The second-order valence-electron chi connectivity index (χ2n) is 5.34. The molecule has 0 aliphatic rings. The molecule has 0 radical (unpaired) electrons. The second-order valence-corrected chi connectivity index (χ2v) is 5.74. The number of aliphatic hydroxyl groups excluding tert-OH is 1. The Morgan fingerprint density at radius 2 is 1.92 bits per heavy atom. The van der Waals surface area contributed by atoms with E-state index in [2.05, 4.69) is 10.1 Å². The van der Waals surface area contributed by atoms with E-state index in [1.54, 1.807) is 30.3 Å². The van der Waals surface area contributed by atoms with E-state index < -0.39 is 18.1 Å². The molecule has 0 fully saturated rings. The molecular weight excluding hydrogens is 358 g/mol. The summed E-state index contributed by atoms with van der Waals surface area (Å²) in [5.74, 6) is -1.22. The number of nitrogens with zero attached hydrogens (tertiary/aromatic N) is 2. The maximum Gasteiger partial charge on any atom is 0.339 e. The maximum atomic E-state index is 12.6. The van der Waals surface area contributed by atoms with Crippen LogP contribution in [0.2, 0.25) is 5.02 Å². The van der Waals surface area contributed by atoms with Crippen LogP contribution in [0.15, 0.2) is 58.3 Å². The fourth-order valence-corrected chi connectivity index (χ4v) is 2.72. The number of para-hydroxylation sites is 1. The quantitative estimate of drug-likeness (QED) is 0.599. The lowest BCUT2D eigenvalue weighted by Gasteiger charge is -2.02. The summed E-state index contributed by atoms with van der Waals surface area (Å²) in [5.41, 5.74) is 0.536. The summed E-state index contributed by atoms with van der Waals surface area (Å²) in [6.07, 6.45) is 1.22. The number of carboxylic acids is 1. The number of carbonyl (C=O) groups is 1. The van der Waals surface area contributed by atoms with Gasteiger partial charge in [-0.05, 0) is 24.3 Å². The van der Waals surface area contributed by atoms with Crippen LogP contribution >= 0.6 is 11.6 Å². The van der Waals surface area contributed by atoms with Crippen LogP contribution in [0, 0.1) is 0 Å². The summed E-state index contributed by atoms with van der Waals surface area (Å²) in [7, 11) is 0. The number of aromatic nitrogens is 2. The number of carboxylic acid groups (broad SMARTS) is 1. The molecule has 2 aromatic carbocycles. The molecule has 0 unspecified atom stereocenters. The van der Waals surface area contributed by atoms with Crippen molar-refractivity contribution in [3.8, 4) is 5.69 Å². The van der Waals surface area contributed by atoms with Crippen LogP contribution in [0.3, 0.4) is 0 Å². The first-order valence-electron chi connectivity index (χ1n) is 7.59. The Kier molecular flexibility index (Phi) is 5.01. The van der Waals surface area contributed by atoms with Crippen LogP contribution in [0.4, 0.5) is 5.69 Å². The highest BCUT2D eigenvalue weighted by molar-refractivity contribution is 6.34. The lowest BCUT2D eigenvalue weighted by molar-refractivity contribution is 0.0698. The Balaban J connectivity index is 2.08. The summed E-state index contributed by atoms with van der Waals surface area (Å²) in [6.45, 7) is -0.405. The Bertz CT molecular complexity index is 1040. The van der Waals surface area contributed by atoms with Crippen molar-refractivity contribution in [2.24, 2.45) is 4.99 Å². The summed E-state index contributed by atoms with van der Waals surface area (Å²) in [6, 6.07) is 13.3. The predicted octanol–water partition coefficient (Wildman–Crippen LogP) is 2.76. The van der Waals surface area contributed by atoms with Crippen molar-refractivity contribution < 1.29 is 15.0 Å². The highest BCUT2D eigenvalue weighted by Crippen LogP contribution is 2.26. The number of nitrogens with one attached hydrogen (secondary N) is 1. The molecule has 7 nitrogen and oxygen atoms in total. The van der Waals surface area contributed by atoms with Gasteiger partial charge in [-0.25, -0.2) is 9.48 Å². The van der Waals surface area contributed by atoms with Crippen molar-refractivity contribution in [3.63, 3.8) is 0 Å². The van der Waals surface area contributed by atoms with Gasteiger partial charge in [0.15, 0.2) is 0 Å². The fraction of sp³-hybridized carbons (Fsp3) is 0.0556. The zero-order valence-corrected chi connectivity index (χ0v) is 14.1. The number of rotatable bonds is 5. The molecule has 1 heterocycles. The monoisotopic (exact) mass is 371 g/mol. The van der Waals surface area contributed by atoms with Gasteiger partial charge in [0, 0.05) is 6.21 Å². The van der Waals surface area contributed by atoms with Gasteiger partial charge < -0.3 is 10.2 Å². The smallest absolute Gasteiger partial charge is 0.339 e. The Morgan fingerprint density at radius 3 is 2.58 bits per heavy atom. The molecule has 26 heavy (non-hydrogen) atoms. The van der Waals surface area contributed by atoms with Gasteiger partial charge in [-0.15, -0.1) is 0 Å². The Labute approximate surface area is 152 Å². The van der Waals surface area contributed by atoms with E-state index in [0.717, 1.165) is 0 Å². The first-order chi connectivity index (χ1) is 12.5. The average molecular weight is 372 g/mol. The van der Waals surface area contributed by atoms with E-state index in [1.165, 1.54) is 23.0 Å². The van der Waals surface area contributed by atoms with Crippen molar-refractivity contribution in [1.82, 2.24) is 9.78 Å². The minimum Gasteiger partial charge on any atom is -0.478 e. The van der Waals surface area contributed by atoms with Gasteiger partial charge in [0.25, 0.3) is 5.56 Å². The molecule has 0 atom stereocenters. The normalized spacial score (nSPS) is 11.2. The summed E-state index contributed by atoms with van der Waals surface area (Å²) in [4.78, 5) is 28.1. The van der Waals surface area contributed by atoms with Crippen LogP contribution in [-0.2, 0) is 6.61 Å². The maximum absolute atomic E-state index is 12.6. The topological polar surface area (TPSA) is 108 Å². The van der Waals surface area contributed by atoms with E-state index in [0.29, 0.717) is 5.69 Å². The molecule has 3 rings (SSSR count). The molecule has 132 valence electrons. The highest BCUT2D eigenvalue weighted by Gasteiger charge is 2.16. The molecule has 3 aromatic rings. The molecular formula is C18H14ClN3O4. The van der Waals surface area contributed by atoms with Gasteiger partial charge in [0.1, 0.15) is 5.56 Å². The molecule has 0 aliphatic heterocycles. The Hall–Kier alpha value is -3.16. The van der Waals surface area contributed by atoms with Gasteiger partial charge in [0.05, 0.1) is 34.3 Å². The van der Waals surface area contributed by atoms with Crippen LogP contribution in [0.1, 0.15) is 21.6 Å². The van der Waals surface area contributed by atoms with Crippen LogP contribution in [0.5, 0.6) is 0 Å². The average Bonchev–Trinajstić information content (AvgIpc) is 2.96. The largest absolute Gasteiger partial charge is 0.478 e. The number of aliphatic hydroxyl groups is 1. The molecule has 0 spiro atoms. The molecule has 0 amide bonds. The third kappa shape index (κ3) is 3.30. The number of hydrogen-bond acceptors (Lipinski definition) is 4. The van der Waals surface area contributed by atoms with Crippen LogP contribution in [-0.4, -0.2) is 32.2 Å². The lowest BCUT2D eigenvalue weighted by Crippen LogP contribution is -2.17. The van der Waals surface area contributed by atoms with Crippen molar-refractivity contribution in [2.75, 3.05) is 0 Å². The number of H-pyrrole nitrogens is 1. The van der Waals surface area contributed by atoms with Crippen LogP contribution in [0.25, 0.3) is 5.69 Å². The zero-order valence-electron chi connectivity index (χ0n) is 13.4. The van der Waals surface area contributed by atoms with Crippen LogP contribution < -0.4 is 5.56 Å². The summed E-state index contributed by atoms with van der Waals surface area (Å²) < 4.78 is 1.28. The second kappa shape index (κ2) is 7.38. The van der Waals surface area contributed by atoms with Gasteiger partial charge in [0.2, 0.25) is 0 Å². The number of aromatic amines is 1. The van der Waals surface area contributed by atoms with E-state index >= 15 is 0 Å². The van der Waals surface area contributed by atoms with Gasteiger partial charge in [-0.3, -0.25) is 14.9 Å². The number of aromatic carboxylic acids is 1. The molecule has 0 bridgehead atoms. The minimum atomic E-state index is -1.22. The summed E-state index contributed by atoms with van der Waals surface area (Å²) >= 11 is 5.91. The number of halogens is 1. The molecule has 0 saturated heterocycles. The van der Waals surface area contributed by atoms with Crippen molar-refractivity contribution in [1.29, 1.82) is 0 Å². The first kappa shape index (κ1) is 17.7. The van der Waals surface area contributed by atoms with E-state index in [1.807, 2.05) is 6.07 Å². The molecule has 0 aliphatic carbocycles. The SMILES string of the molecule is O=C(O)c1c(Cl)cccc1N=Cc1c(CO)[nH]n(-c2ccccc2)c1=O. The number of aliphatic imine (C=N–C) groups is 1. The molecule has 1 aromatic heterocycles. The molecule has 8 heteroatoms. The third-order valence-corrected chi connectivity index (χ3v) is 4.03. The van der Waals surface area contributed by atoms with Crippen molar-refractivity contribution in [2.45, 2.75) is 6.61 Å². The van der Waals surface area contributed by atoms with Gasteiger partial charge in [-0.1, -0.05) is 35.9 Å². The Morgan fingerprint density at radius 1 is 1.19 bits per heavy atom. The van der Waals surface area contributed by atoms with Gasteiger partial charge >= 0.3 is 5.97 Å². The van der Waals surface area contributed by atoms with Crippen molar-refractivity contribution >= 4 is 29.5 Å². The van der Waals surface area contributed by atoms with E-state index in [9.17, 15) is 19.8 Å². The highest BCUT2D eigenvalue weighted by atomic mass is 35.5. The lowest BCUT2D eigenvalue weighted by atomic mass is 10.2.